The van der Waals surface area contributed by atoms with E-state index in [0.717, 1.165) is 16.9 Å². The first-order valence-electron chi connectivity index (χ1n) is 15.0. The fourth-order valence-corrected chi connectivity index (χ4v) is 5.11. The predicted octanol–water partition coefficient (Wildman–Crippen LogP) is 5.87. The Bertz CT molecular complexity index is 1700. The van der Waals surface area contributed by atoms with Crippen molar-refractivity contribution in [3.05, 3.63) is 101 Å². The van der Waals surface area contributed by atoms with E-state index in [-0.39, 0.29) is 17.2 Å². The molecule has 2 heterocycles. The SMILES string of the molecule is CCn1cc(-c2cccc(NC(=O)c3ccc(C(C)(C)C)cc3)c2)nc(Nc2ccc(C(=O)N3CCOCC3)cc2)c1=NC. The summed E-state index contributed by atoms with van der Waals surface area (Å²) in [5, 5.41) is 6.42. The van der Waals surface area contributed by atoms with Gasteiger partial charge in [-0.05, 0) is 66.4 Å². The summed E-state index contributed by atoms with van der Waals surface area (Å²) in [6, 6.07) is 22.8. The first-order chi connectivity index (χ1) is 21.2. The summed E-state index contributed by atoms with van der Waals surface area (Å²) >= 11 is 0. The van der Waals surface area contributed by atoms with Crippen molar-refractivity contribution in [3.63, 3.8) is 0 Å². The minimum Gasteiger partial charge on any atom is -0.378 e. The minimum absolute atomic E-state index is 0.00180. The van der Waals surface area contributed by atoms with Crippen molar-refractivity contribution < 1.29 is 14.3 Å². The molecule has 0 bridgehead atoms. The Morgan fingerprint density at radius 2 is 1.61 bits per heavy atom. The number of nitrogens with one attached hydrogen (secondary N) is 2. The van der Waals surface area contributed by atoms with Crippen LogP contribution in [0.5, 0.6) is 0 Å². The Morgan fingerprint density at radius 1 is 0.932 bits per heavy atom. The molecule has 0 spiro atoms. The molecule has 0 aliphatic carbocycles. The molecule has 0 saturated carbocycles. The number of ether oxygens (including phenoxy) is 1. The molecule has 228 valence electrons. The Kier molecular flexibility index (Phi) is 9.25. The molecule has 2 N–H and O–H groups in total. The average molecular weight is 593 g/mol. The molecular formula is C35H40N6O3. The summed E-state index contributed by atoms with van der Waals surface area (Å²) in [6.07, 6.45) is 1.96. The fourth-order valence-electron chi connectivity index (χ4n) is 5.11. The Labute approximate surface area is 258 Å². The Hall–Kier alpha value is -4.76. The van der Waals surface area contributed by atoms with Gasteiger partial charge in [-0.2, -0.15) is 0 Å². The highest BCUT2D eigenvalue weighted by molar-refractivity contribution is 6.04. The van der Waals surface area contributed by atoms with Crippen molar-refractivity contribution in [2.45, 2.75) is 39.7 Å². The third-order valence-corrected chi connectivity index (χ3v) is 7.67. The van der Waals surface area contributed by atoms with E-state index in [9.17, 15) is 9.59 Å². The zero-order valence-corrected chi connectivity index (χ0v) is 26.1. The van der Waals surface area contributed by atoms with Gasteiger partial charge in [-0.25, -0.2) is 4.98 Å². The predicted molar refractivity (Wildman–Crippen MR) is 174 cm³/mol. The number of aryl methyl sites for hydroxylation is 1. The van der Waals surface area contributed by atoms with Crippen LogP contribution in [0.2, 0.25) is 0 Å². The van der Waals surface area contributed by atoms with E-state index in [0.29, 0.717) is 61.0 Å². The number of aromatic nitrogens is 2. The number of benzene rings is 3. The summed E-state index contributed by atoms with van der Waals surface area (Å²) in [6.45, 7) is 11.5. The van der Waals surface area contributed by atoms with Crippen LogP contribution < -0.4 is 16.1 Å². The lowest BCUT2D eigenvalue weighted by molar-refractivity contribution is 0.0303. The van der Waals surface area contributed by atoms with Gasteiger partial charge >= 0.3 is 0 Å². The number of hydrogen-bond donors (Lipinski definition) is 2. The van der Waals surface area contributed by atoms with E-state index in [4.69, 9.17) is 9.72 Å². The maximum absolute atomic E-state index is 13.0. The Morgan fingerprint density at radius 3 is 2.25 bits per heavy atom. The summed E-state index contributed by atoms with van der Waals surface area (Å²) in [4.78, 5) is 37.2. The van der Waals surface area contributed by atoms with Gasteiger partial charge < -0.3 is 24.8 Å². The van der Waals surface area contributed by atoms with E-state index < -0.39 is 0 Å². The highest BCUT2D eigenvalue weighted by atomic mass is 16.5. The van der Waals surface area contributed by atoms with Crippen LogP contribution in [0.3, 0.4) is 0 Å². The van der Waals surface area contributed by atoms with Crippen LogP contribution in [0.4, 0.5) is 17.2 Å². The van der Waals surface area contributed by atoms with Gasteiger partial charge in [-0.3, -0.25) is 14.6 Å². The van der Waals surface area contributed by atoms with Gasteiger partial charge in [-0.15, -0.1) is 0 Å². The minimum atomic E-state index is -0.169. The number of amides is 2. The van der Waals surface area contributed by atoms with Crippen LogP contribution in [0, 0.1) is 0 Å². The normalized spacial score (nSPS) is 13.9. The number of rotatable bonds is 7. The van der Waals surface area contributed by atoms with Crippen molar-refractivity contribution in [2.75, 3.05) is 44.0 Å². The lowest BCUT2D eigenvalue weighted by atomic mass is 9.87. The van der Waals surface area contributed by atoms with E-state index >= 15 is 0 Å². The van der Waals surface area contributed by atoms with Gasteiger partial charge in [0, 0.05) is 60.9 Å². The van der Waals surface area contributed by atoms with Gasteiger partial charge in [0.1, 0.15) is 0 Å². The number of morpholine rings is 1. The smallest absolute Gasteiger partial charge is 0.255 e. The molecule has 1 saturated heterocycles. The molecule has 1 fully saturated rings. The van der Waals surface area contributed by atoms with Crippen LogP contribution >= 0.6 is 0 Å². The van der Waals surface area contributed by atoms with Crippen LogP contribution in [0.25, 0.3) is 11.3 Å². The maximum Gasteiger partial charge on any atom is 0.255 e. The molecule has 9 heteroatoms. The van der Waals surface area contributed by atoms with Crippen LogP contribution in [-0.4, -0.2) is 59.6 Å². The van der Waals surface area contributed by atoms with Gasteiger partial charge in [0.05, 0.1) is 18.9 Å². The van der Waals surface area contributed by atoms with Gasteiger partial charge in [0.15, 0.2) is 11.3 Å². The molecule has 1 aliphatic rings. The second-order valence-electron chi connectivity index (χ2n) is 11.8. The van der Waals surface area contributed by atoms with E-state index in [2.05, 4.69) is 43.3 Å². The summed E-state index contributed by atoms with van der Waals surface area (Å²) in [7, 11) is 1.74. The summed E-state index contributed by atoms with van der Waals surface area (Å²) in [5.41, 5.74) is 6.18. The first kappa shape index (κ1) is 30.7. The molecule has 0 radical (unpaired) electrons. The van der Waals surface area contributed by atoms with Crippen LogP contribution in [0.1, 0.15) is 54.0 Å². The molecular weight excluding hydrogens is 552 g/mol. The standard InChI is InChI=1S/C35H40N6O3/c1-6-40-23-30(26-8-7-9-29(22-26)38-33(42)24-10-14-27(15-11-24)35(2,3)4)39-31(32(40)36-5)37-28-16-12-25(13-17-28)34(43)41-18-20-44-21-19-41/h7-17,22-23H,6,18-21H2,1-5H3,(H,37,39)(H,38,42). The molecule has 5 rings (SSSR count). The van der Waals surface area contributed by atoms with Crippen molar-refractivity contribution in [1.82, 2.24) is 14.5 Å². The molecule has 4 aromatic rings. The zero-order chi connectivity index (χ0) is 31.3. The van der Waals surface area contributed by atoms with Crippen LogP contribution in [-0.2, 0) is 16.7 Å². The first-order valence-corrected chi connectivity index (χ1v) is 15.0. The molecule has 44 heavy (non-hydrogen) atoms. The van der Waals surface area contributed by atoms with Crippen molar-refractivity contribution in [2.24, 2.45) is 4.99 Å². The monoisotopic (exact) mass is 592 g/mol. The molecule has 9 nitrogen and oxygen atoms in total. The molecule has 1 aromatic heterocycles. The highest BCUT2D eigenvalue weighted by Gasteiger charge is 2.19. The van der Waals surface area contributed by atoms with E-state index in [1.165, 1.54) is 5.56 Å². The quantitative estimate of drug-likeness (QED) is 0.280. The zero-order valence-electron chi connectivity index (χ0n) is 26.1. The number of carbonyl (C=O) groups is 2. The highest BCUT2D eigenvalue weighted by Crippen LogP contribution is 2.25. The molecule has 3 aromatic carbocycles. The number of nitrogens with zero attached hydrogens (tertiary/aromatic N) is 4. The third kappa shape index (κ3) is 7.06. The maximum atomic E-state index is 13.0. The van der Waals surface area contributed by atoms with Crippen molar-refractivity contribution in [3.8, 4) is 11.3 Å². The lowest BCUT2D eigenvalue weighted by Gasteiger charge is -2.26. The summed E-state index contributed by atoms with van der Waals surface area (Å²) < 4.78 is 7.40. The van der Waals surface area contributed by atoms with Gasteiger partial charge in [-0.1, -0.05) is 45.0 Å². The second kappa shape index (κ2) is 13.3. The van der Waals surface area contributed by atoms with E-state index in [1.807, 2.05) is 88.5 Å². The van der Waals surface area contributed by atoms with Crippen molar-refractivity contribution in [1.29, 1.82) is 0 Å². The Balaban J connectivity index is 1.37. The van der Waals surface area contributed by atoms with Gasteiger partial charge in [0.25, 0.3) is 11.8 Å². The third-order valence-electron chi connectivity index (χ3n) is 7.67. The van der Waals surface area contributed by atoms with E-state index in [1.54, 1.807) is 7.05 Å². The van der Waals surface area contributed by atoms with Crippen molar-refractivity contribution >= 4 is 29.0 Å². The second-order valence-corrected chi connectivity index (χ2v) is 11.8. The molecule has 0 atom stereocenters. The topological polar surface area (TPSA) is 101 Å². The lowest BCUT2D eigenvalue weighted by Crippen LogP contribution is -2.40. The van der Waals surface area contributed by atoms with Gasteiger partial charge in [0.2, 0.25) is 0 Å². The molecule has 2 amide bonds. The number of hydrogen-bond acceptors (Lipinski definition) is 6. The summed E-state index contributed by atoms with van der Waals surface area (Å²) in [5.74, 6) is 0.423. The number of carbonyl (C=O) groups excluding carboxylic acids is 2. The molecule has 0 unspecified atom stereocenters. The number of anilines is 3. The fraction of sp³-hybridized carbons (Fsp3) is 0.314. The average Bonchev–Trinajstić information content (AvgIpc) is 3.04. The largest absolute Gasteiger partial charge is 0.378 e. The molecule has 1 aliphatic heterocycles. The van der Waals surface area contributed by atoms with Crippen LogP contribution in [0.15, 0.2) is 84.0 Å².